The number of methoxy groups -OCH3 is 1. The van der Waals surface area contributed by atoms with Crippen LogP contribution in [0.4, 0.5) is 8.78 Å². The van der Waals surface area contributed by atoms with Crippen molar-refractivity contribution in [3.63, 3.8) is 0 Å². The molecule has 0 amide bonds. The van der Waals surface area contributed by atoms with Crippen molar-refractivity contribution >= 4 is 55.8 Å². The first-order valence-corrected chi connectivity index (χ1v) is 16.3. The number of benzene rings is 1. The lowest BCUT2D eigenvalue weighted by molar-refractivity contribution is 0.0606. The highest BCUT2D eigenvalue weighted by molar-refractivity contribution is 7.20. The first-order valence-electron chi connectivity index (χ1n) is 15.1. The van der Waals surface area contributed by atoms with E-state index in [4.69, 9.17) is 30.5 Å². The Morgan fingerprint density at radius 2 is 2.09 bits per heavy atom. The number of ether oxygens (including phenoxy) is 2. The predicted molar refractivity (Wildman–Crippen MR) is 172 cm³/mol. The lowest BCUT2D eigenvalue weighted by Gasteiger charge is -2.22. The van der Waals surface area contributed by atoms with Crippen LogP contribution in [0.15, 0.2) is 53.5 Å². The molecule has 0 radical (unpaired) electrons. The number of carbonyl (C=O) groups is 1. The first-order chi connectivity index (χ1) is 22.8. The van der Waals surface area contributed by atoms with E-state index in [1.165, 1.54) is 24.5 Å². The van der Waals surface area contributed by atoms with Crippen LogP contribution in [0.5, 0.6) is 5.88 Å². The van der Waals surface area contributed by atoms with E-state index in [-0.39, 0.29) is 24.0 Å². The highest BCUT2D eigenvalue weighted by atomic mass is 35.5. The molecule has 1 aliphatic rings. The topological polar surface area (TPSA) is 110 Å². The van der Waals surface area contributed by atoms with E-state index >= 15 is 0 Å². The second kappa shape index (κ2) is 12.9. The Labute approximate surface area is 276 Å². The van der Waals surface area contributed by atoms with Crippen molar-refractivity contribution in [3.05, 3.63) is 93.7 Å². The molecule has 0 saturated heterocycles. The normalized spacial score (nSPS) is 15.0. The Hall–Kier alpha value is -4.62. The molecular weight excluding hydrogens is 650 g/mol. The van der Waals surface area contributed by atoms with Crippen molar-refractivity contribution in [1.82, 2.24) is 29.1 Å². The van der Waals surface area contributed by atoms with Gasteiger partial charge in [-0.2, -0.15) is 13.8 Å². The SMILES string of the molecule is CCn1cncc1Cn1c(CC2CC=C(c3ncc(F)c(OCc4ccc(Cl)c5cc(F)oc45)n3)CC2)nc2sc(C(=O)OC)cc21. The van der Waals surface area contributed by atoms with Gasteiger partial charge in [-0.25, -0.2) is 19.7 Å². The average Bonchev–Trinajstić information content (AvgIpc) is 3.86. The van der Waals surface area contributed by atoms with Crippen molar-refractivity contribution in [1.29, 1.82) is 0 Å². The van der Waals surface area contributed by atoms with Crippen molar-refractivity contribution in [2.45, 2.75) is 52.3 Å². The predicted octanol–water partition coefficient (Wildman–Crippen LogP) is 7.62. The molecule has 1 unspecified atom stereocenters. The van der Waals surface area contributed by atoms with E-state index in [1.807, 2.05) is 18.6 Å². The summed E-state index contributed by atoms with van der Waals surface area (Å²) in [5.74, 6) is 0.363. The summed E-state index contributed by atoms with van der Waals surface area (Å²) in [6.07, 6.45) is 9.92. The largest absolute Gasteiger partial charge is 0.470 e. The molecule has 1 aromatic carbocycles. The fourth-order valence-corrected chi connectivity index (χ4v) is 7.11. The maximum absolute atomic E-state index is 14.7. The van der Waals surface area contributed by atoms with Gasteiger partial charge in [-0.05, 0) is 49.8 Å². The van der Waals surface area contributed by atoms with Gasteiger partial charge in [-0.15, -0.1) is 11.3 Å². The standard InChI is InChI=1S/C33H29ClF2N6O4S/c1-3-41-17-37-13-21(41)15-42-25-12-26(33(43)44-2)47-32(25)39-28(42)10-18-4-6-19(7-5-18)30-38-14-24(35)31(40-30)45-16-20-8-9-23(34)22-11-27(36)46-29(20)22/h6,8-9,11-14,17-18H,3-5,7,10,15-16H2,1-2H3. The maximum atomic E-state index is 14.7. The van der Waals surface area contributed by atoms with Gasteiger partial charge in [0, 0.05) is 36.2 Å². The second-order valence-corrected chi connectivity index (χ2v) is 12.7. The molecule has 5 aromatic heterocycles. The van der Waals surface area contributed by atoms with E-state index in [0.717, 1.165) is 59.4 Å². The number of aryl methyl sites for hydroxylation is 1. The van der Waals surface area contributed by atoms with Gasteiger partial charge in [0.05, 0.1) is 42.4 Å². The third-order valence-electron chi connectivity index (χ3n) is 8.41. The molecule has 47 heavy (non-hydrogen) atoms. The number of halogens is 3. The Kier molecular flexibility index (Phi) is 8.50. The Balaban J connectivity index is 1.08. The van der Waals surface area contributed by atoms with Crippen molar-refractivity contribution < 1.29 is 27.5 Å². The Morgan fingerprint density at radius 3 is 2.87 bits per heavy atom. The summed E-state index contributed by atoms with van der Waals surface area (Å²) in [5, 5.41) is 0.756. The highest BCUT2D eigenvalue weighted by Crippen LogP contribution is 2.35. The van der Waals surface area contributed by atoms with Crippen LogP contribution in [0, 0.1) is 17.7 Å². The van der Waals surface area contributed by atoms with E-state index in [0.29, 0.717) is 45.6 Å². The third kappa shape index (κ3) is 6.12. The van der Waals surface area contributed by atoms with Crippen molar-refractivity contribution in [2.24, 2.45) is 5.92 Å². The number of allylic oxidation sites excluding steroid dienone is 2. The van der Waals surface area contributed by atoms with Crippen LogP contribution in [0.3, 0.4) is 0 Å². The summed E-state index contributed by atoms with van der Waals surface area (Å²) >= 11 is 7.48. The summed E-state index contributed by atoms with van der Waals surface area (Å²) in [6.45, 7) is 3.34. The van der Waals surface area contributed by atoms with Gasteiger partial charge in [-0.3, -0.25) is 0 Å². The highest BCUT2D eigenvalue weighted by Gasteiger charge is 2.24. The number of imidazole rings is 2. The number of furan rings is 1. The quantitative estimate of drug-likeness (QED) is 0.136. The van der Waals surface area contributed by atoms with Crippen LogP contribution >= 0.6 is 22.9 Å². The summed E-state index contributed by atoms with van der Waals surface area (Å²) in [4.78, 5) is 31.4. The van der Waals surface area contributed by atoms with Crippen molar-refractivity contribution in [3.8, 4) is 5.88 Å². The van der Waals surface area contributed by atoms with E-state index in [2.05, 4.69) is 37.1 Å². The molecule has 1 atom stereocenters. The van der Waals surface area contributed by atoms with Crippen LogP contribution in [0.25, 0.3) is 26.9 Å². The fraction of sp³-hybridized carbons (Fsp3) is 0.303. The third-order valence-corrected chi connectivity index (χ3v) is 9.74. The minimum absolute atomic E-state index is 0.0978. The number of thiophene rings is 1. The molecule has 7 rings (SSSR count). The monoisotopic (exact) mass is 678 g/mol. The molecule has 242 valence electrons. The zero-order valence-corrected chi connectivity index (χ0v) is 27.1. The lowest BCUT2D eigenvalue weighted by Crippen LogP contribution is -2.15. The molecule has 0 saturated carbocycles. The van der Waals surface area contributed by atoms with Gasteiger partial charge < -0.3 is 23.0 Å². The molecule has 0 spiro atoms. The van der Waals surface area contributed by atoms with Crippen LogP contribution in [0.1, 0.15) is 58.8 Å². The molecule has 5 heterocycles. The number of esters is 1. The molecule has 6 aromatic rings. The van der Waals surface area contributed by atoms with Gasteiger partial charge in [-0.1, -0.05) is 23.7 Å². The van der Waals surface area contributed by atoms with Gasteiger partial charge in [0.2, 0.25) is 5.82 Å². The zero-order valence-electron chi connectivity index (χ0n) is 25.5. The summed E-state index contributed by atoms with van der Waals surface area (Å²) in [5.41, 5.74) is 3.60. The summed E-state index contributed by atoms with van der Waals surface area (Å²) in [6, 6.07) is 5.53. The van der Waals surface area contributed by atoms with E-state index in [1.54, 1.807) is 12.1 Å². The van der Waals surface area contributed by atoms with Gasteiger partial charge in [0.1, 0.15) is 27.7 Å². The van der Waals surface area contributed by atoms with E-state index in [9.17, 15) is 13.6 Å². The number of hydrogen-bond acceptors (Lipinski definition) is 9. The van der Waals surface area contributed by atoms with Crippen molar-refractivity contribution in [2.75, 3.05) is 7.11 Å². The summed E-state index contributed by atoms with van der Waals surface area (Å²) in [7, 11) is 1.37. The molecule has 1 aliphatic carbocycles. The fourth-order valence-electron chi connectivity index (χ4n) is 5.94. The maximum Gasteiger partial charge on any atom is 0.348 e. The van der Waals surface area contributed by atoms with Gasteiger partial charge >= 0.3 is 5.97 Å². The van der Waals surface area contributed by atoms with Crippen LogP contribution in [-0.2, 0) is 30.9 Å². The molecule has 10 nitrogen and oxygen atoms in total. The average molecular weight is 679 g/mol. The molecular formula is C33H29ClF2N6O4S. The lowest BCUT2D eigenvalue weighted by atomic mass is 9.87. The number of hydrogen-bond donors (Lipinski definition) is 0. The second-order valence-electron chi connectivity index (χ2n) is 11.3. The van der Waals surface area contributed by atoms with Crippen LogP contribution in [-0.4, -0.2) is 42.1 Å². The number of aromatic nitrogens is 6. The Bertz CT molecular complexity index is 2150. The number of rotatable bonds is 10. The van der Waals surface area contributed by atoms with Crippen LogP contribution in [0.2, 0.25) is 5.02 Å². The van der Waals surface area contributed by atoms with E-state index < -0.39 is 11.8 Å². The summed E-state index contributed by atoms with van der Waals surface area (Å²) < 4.78 is 48.5. The zero-order chi connectivity index (χ0) is 32.7. The smallest absolute Gasteiger partial charge is 0.348 e. The number of fused-ring (bicyclic) bond motifs is 2. The molecule has 0 N–H and O–H groups in total. The van der Waals surface area contributed by atoms with Gasteiger partial charge in [0.25, 0.3) is 11.9 Å². The minimum atomic E-state index is -0.771. The molecule has 14 heteroatoms. The Morgan fingerprint density at radius 1 is 1.21 bits per heavy atom. The number of nitrogens with zero attached hydrogens (tertiary/aromatic N) is 6. The van der Waals surface area contributed by atoms with Gasteiger partial charge in [0.15, 0.2) is 5.82 Å². The molecule has 0 bridgehead atoms. The van der Waals surface area contributed by atoms with Crippen LogP contribution < -0.4 is 4.74 Å². The molecule has 0 fully saturated rings. The molecule has 0 aliphatic heterocycles. The number of carbonyl (C=O) groups excluding carboxylic acids is 1. The minimum Gasteiger partial charge on any atom is -0.470 e. The first kappa shape index (κ1) is 31.0.